The molecule has 2 aromatic rings. The van der Waals surface area contributed by atoms with Crippen LogP contribution in [0.25, 0.3) is 17.1 Å². The lowest BCUT2D eigenvalue weighted by Gasteiger charge is -2.30. The average Bonchev–Trinajstić information content (AvgIpc) is 3.24. The number of Topliss-reactive ketones (excluding diaryl/α,β-unsaturated/α-hetero) is 1. The van der Waals surface area contributed by atoms with Crippen molar-refractivity contribution in [2.24, 2.45) is 0 Å². The number of pyridine rings is 1. The van der Waals surface area contributed by atoms with Crippen LogP contribution in [0.5, 0.6) is 0 Å². The Morgan fingerprint density at radius 3 is 3.21 bits per heavy atom. The maximum absolute atomic E-state index is 12.9. The van der Waals surface area contributed by atoms with Crippen LogP contribution in [-0.2, 0) is 19.1 Å². The number of ketones is 1. The lowest BCUT2D eigenvalue weighted by Crippen LogP contribution is -2.46. The summed E-state index contributed by atoms with van der Waals surface area (Å²) in [5.41, 5.74) is 4.18. The third-order valence-electron chi connectivity index (χ3n) is 4.80. The first-order valence-electron chi connectivity index (χ1n) is 9.54. The van der Waals surface area contributed by atoms with Crippen molar-refractivity contribution in [3.8, 4) is 0 Å². The topological polar surface area (TPSA) is 117 Å². The zero-order valence-corrected chi connectivity index (χ0v) is 16.0. The Balaban J connectivity index is 1.64. The van der Waals surface area contributed by atoms with Crippen LogP contribution in [0.15, 0.2) is 41.7 Å². The largest absolute Gasteiger partial charge is 0.462 e. The maximum atomic E-state index is 12.9. The molecule has 2 aromatic heterocycles. The highest BCUT2D eigenvalue weighted by Crippen LogP contribution is 2.28. The molecule has 3 N–H and O–H groups in total. The van der Waals surface area contributed by atoms with Gasteiger partial charge in [-0.05, 0) is 38.0 Å². The molecule has 2 aliphatic heterocycles. The summed E-state index contributed by atoms with van der Waals surface area (Å²) in [5.74, 6) is -1.27. The van der Waals surface area contributed by atoms with E-state index < -0.39 is 17.9 Å². The van der Waals surface area contributed by atoms with Gasteiger partial charge in [0.15, 0.2) is 11.3 Å². The summed E-state index contributed by atoms with van der Waals surface area (Å²) in [6, 6.07) is 3.67. The Hall–Kier alpha value is -3.17. The monoisotopic (exact) mass is 398 g/mol. The number of aliphatic hydroxyl groups is 1. The quantitative estimate of drug-likeness (QED) is 0.391. The summed E-state index contributed by atoms with van der Waals surface area (Å²) >= 11 is 0. The van der Waals surface area contributed by atoms with Gasteiger partial charge >= 0.3 is 5.97 Å². The number of carbonyl (C=O) groups excluding carboxylic acids is 2. The number of H-pyrrole nitrogens is 1. The summed E-state index contributed by atoms with van der Waals surface area (Å²) in [4.78, 5) is 32.6. The normalized spacial score (nSPS) is 21.7. The molecule has 4 rings (SSSR count). The summed E-state index contributed by atoms with van der Waals surface area (Å²) in [6.45, 7) is 2.83. The van der Waals surface area contributed by atoms with E-state index in [4.69, 9.17) is 9.47 Å². The van der Waals surface area contributed by atoms with E-state index in [2.05, 4.69) is 15.4 Å². The Labute approximate surface area is 167 Å². The molecule has 1 atom stereocenters. The number of aromatic amines is 1. The van der Waals surface area contributed by atoms with Gasteiger partial charge in [-0.1, -0.05) is 0 Å². The predicted octanol–water partition coefficient (Wildman–Crippen LogP) is 1.24. The molecule has 0 spiro atoms. The number of nitrogens with one attached hydrogen (secondary N) is 2. The van der Waals surface area contributed by atoms with Crippen molar-refractivity contribution < 1.29 is 24.2 Å². The molecular formula is C20H22N4O5. The van der Waals surface area contributed by atoms with E-state index in [1.54, 1.807) is 36.5 Å². The highest BCUT2D eigenvalue weighted by atomic mass is 16.5. The van der Waals surface area contributed by atoms with Gasteiger partial charge in [-0.25, -0.2) is 14.8 Å². The first kappa shape index (κ1) is 19.2. The van der Waals surface area contributed by atoms with Crippen LogP contribution < -0.4 is 5.43 Å². The average molecular weight is 398 g/mol. The molecule has 9 nitrogen and oxygen atoms in total. The van der Waals surface area contributed by atoms with Gasteiger partial charge in [-0.2, -0.15) is 0 Å². The molecule has 0 saturated carbocycles. The molecule has 0 amide bonds. The van der Waals surface area contributed by atoms with Crippen LogP contribution >= 0.6 is 0 Å². The van der Waals surface area contributed by atoms with Crippen LogP contribution in [0.1, 0.15) is 25.3 Å². The summed E-state index contributed by atoms with van der Waals surface area (Å²) in [6.07, 6.45) is 5.98. The smallest absolute Gasteiger partial charge is 0.347 e. The van der Waals surface area contributed by atoms with Crippen LogP contribution in [0, 0.1) is 0 Å². The molecule has 152 valence electrons. The summed E-state index contributed by atoms with van der Waals surface area (Å²) in [7, 11) is 0. The van der Waals surface area contributed by atoms with Crippen molar-refractivity contribution in [1.29, 1.82) is 0 Å². The van der Waals surface area contributed by atoms with Crippen molar-refractivity contribution in [1.82, 2.24) is 20.4 Å². The molecule has 2 aliphatic rings. The Kier molecular flexibility index (Phi) is 5.32. The number of aromatic nitrogens is 2. The molecule has 9 heteroatoms. The third-order valence-corrected chi connectivity index (χ3v) is 4.80. The van der Waals surface area contributed by atoms with E-state index in [9.17, 15) is 14.7 Å². The van der Waals surface area contributed by atoms with Gasteiger partial charge in [0.05, 0.1) is 12.7 Å². The summed E-state index contributed by atoms with van der Waals surface area (Å²) < 4.78 is 10.8. The number of hydrazine groups is 1. The standard InChI is InChI=1S/C20H22N4O5/c1-2-28-20(27)16-17(26)15(9-12-10-22-18-14(12)6-3-7-21-18)29-19(16)23-24-8-4-5-13(25)11-24/h3,6-7,9-10,13,23,25H,2,4-5,8,11H2,1H3,(H,21,22)/b15-9-. The van der Waals surface area contributed by atoms with Gasteiger partial charge in [-0.15, -0.1) is 0 Å². The van der Waals surface area contributed by atoms with Crippen LogP contribution in [0.4, 0.5) is 0 Å². The van der Waals surface area contributed by atoms with Crippen molar-refractivity contribution in [3.05, 3.63) is 47.3 Å². The minimum absolute atomic E-state index is 0.0119. The number of ether oxygens (including phenoxy) is 2. The van der Waals surface area contributed by atoms with Gasteiger partial charge < -0.3 is 19.6 Å². The van der Waals surface area contributed by atoms with E-state index in [0.717, 1.165) is 11.8 Å². The zero-order chi connectivity index (χ0) is 20.4. The fourth-order valence-electron chi connectivity index (χ4n) is 3.43. The van der Waals surface area contributed by atoms with Gasteiger partial charge in [0.1, 0.15) is 5.65 Å². The number of rotatable bonds is 5. The number of piperidine rings is 1. The maximum Gasteiger partial charge on any atom is 0.347 e. The van der Waals surface area contributed by atoms with E-state index in [0.29, 0.717) is 30.7 Å². The molecule has 1 saturated heterocycles. The fraction of sp³-hybridized carbons (Fsp3) is 0.350. The Bertz CT molecular complexity index is 1010. The number of nitrogens with zero attached hydrogens (tertiary/aromatic N) is 2. The molecular weight excluding hydrogens is 376 g/mol. The van der Waals surface area contributed by atoms with E-state index in [1.807, 2.05) is 6.07 Å². The molecule has 1 fully saturated rings. The van der Waals surface area contributed by atoms with E-state index in [1.165, 1.54) is 0 Å². The highest BCUT2D eigenvalue weighted by molar-refractivity contribution is 6.26. The Morgan fingerprint density at radius 2 is 2.41 bits per heavy atom. The molecule has 0 radical (unpaired) electrons. The van der Waals surface area contributed by atoms with Crippen LogP contribution in [-0.4, -0.2) is 57.6 Å². The molecule has 0 bridgehead atoms. The van der Waals surface area contributed by atoms with Crippen molar-refractivity contribution in [2.45, 2.75) is 25.9 Å². The van der Waals surface area contributed by atoms with Crippen LogP contribution in [0.3, 0.4) is 0 Å². The minimum Gasteiger partial charge on any atom is -0.462 e. The van der Waals surface area contributed by atoms with Crippen molar-refractivity contribution in [2.75, 3.05) is 19.7 Å². The van der Waals surface area contributed by atoms with Gasteiger partial charge in [0.2, 0.25) is 11.7 Å². The van der Waals surface area contributed by atoms with E-state index >= 15 is 0 Å². The SMILES string of the molecule is CCOC(=O)C1=C(NN2CCCC(O)C2)O/C(=C\c2c[nH]c3ncccc23)C1=O. The molecule has 4 heterocycles. The number of aliphatic hydroxyl groups excluding tert-OH is 1. The molecule has 0 aromatic carbocycles. The number of hydrogen-bond acceptors (Lipinski definition) is 8. The second kappa shape index (κ2) is 8.06. The number of esters is 1. The Morgan fingerprint density at radius 1 is 1.55 bits per heavy atom. The highest BCUT2D eigenvalue weighted by Gasteiger charge is 2.38. The van der Waals surface area contributed by atoms with Gasteiger partial charge in [0.25, 0.3) is 0 Å². The fourth-order valence-corrected chi connectivity index (χ4v) is 3.43. The van der Waals surface area contributed by atoms with Crippen molar-refractivity contribution >= 4 is 28.9 Å². The minimum atomic E-state index is -0.749. The van der Waals surface area contributed by atoms with E-state index in [-0.39, 0.29) is 23.8 Å². The second-order valence-electron chi connectivity index (χ2n) is 6.86. The molecule has 0 aliphatic carbocycles. The number of β-amino-alcohol motifs (C(OH)–C–C–N with tert-alkyl or cyclic N) is 1. The number of allylic oxidation sites excluding steroid dienone is 1. The third kappa shape index (κ3) is 3.87. The number of hydrogen-bond donors (Lipinski definition) is 3. The first-order valence-corrected chi connectivity index (χ1v) is 9.54. The van der Waals surface area contributed by atoms with Crippen molar-refractivity contribution in [3.63, 3.8) is 0 Å². The summed E-state index contributed by atoms with van der Waals surface area (Å²) in [5, 5.41) is 12.4. The second-order valence-corrected chi connectivity index (χ2v) is 6.86. The predicted molar refractivity (Wildman–Crippen MR) is 104 cm³/mol. The molecule has 1 unspecified atom stereocenters. The zero-order valence-electron chi connectivity index (χ0n) is 16.0. The number of fused-ring (bicyclic) bond motifs is 1. The lowest BCUT2D eigenvalue weighted by molar-refractivity contribution is -0.139. The number of carbonyl (C=O) groups is 2. The lowest BCUT2D eigenvalue weighted by atomic mass is 10.1. The van der Waals surface area contributed by atoms with Gasteiger partial charge in [0, 0.05) is 36.4 Å². The van der Waals surface area contributed by atoms with Gasteiger partial charge in [-0.3, -0.25) is 10.2 Å². The van der Waals surface area contributed by atoms with Crippen LogP contribution in [0.2, 0.25) is 0 Å². The first-order chi connectivity index (χ1) is 14.1. The molecule has 29 heavy (non-hydrogen) atoms.